The van der Waals surface area contributed by atoms with E-state index in [4.69, 9.17) is 5.73 Å². The van der Waals surface area contributed by atoms with Crippen LogP contribution in [-0.4, -0.2) is 36.2 Å². The molecule has 0 saturated carbocycles. The van der Waals surface area contributed by atoms with Crippen LogP contribution in [0.3, 0.4) is 0 Å². The largest absolute Gasteiger partial charge is 0.399 e. The van der Waals surface area contributed by atoms with E-state index in [9.17, 15) is 16.8 Å². The van der Waals surface area contributed by atoms with Crippen LogP contribution in [0.15, 0.2) is 27.6 Å². The van der Waals surface area contributed by atoms with Crippen LogP contribution in [0.1, 0.15) is 6.42 Å². The quantitative estimate of drug-likeness (QED) is 0.459. The summed E-state index contributed by atoms with van der Waals surface area (Å²) < 4.78 is 50.7. The third-order valence-electron chi connectivity index (χ3n) is 2.26. The molecule has 10 heteroatoms. The zero-order chi connectivity index (χ0) is 15.4. The van der Waals surface area contributed by atoms with Crippen LogP contribution in [0.5, 0.6) is 0 Å². The molecule has 1 aromatic carbocycles. The van der Waals surface area contributed by atoms with Gasteiger partial charge in [0.05, 0.1) is 11.2 Å². The highest BCUT2D eigenvalue weighted by molar-refractivity contribution is 9.10. The lowest BCUT2D eigenvalue weighted by atomic mass is 10.3. The van der Waals surface area contributed by atoms with Crippen molar-refractivity contribution in [3.05, 3.63) is 22.7 Å². The van der Waals surface area contributed by atoms with Gasteiger partial charge >= 0.3 is 0 Å². The zero-order valence-corrected chi connectivity index (χ0v) is 14.0. The molecule has 0 spiro atoms. The number of nitrogens with one attached hydrogen (secondary N) is 2. The lowest BCUT2D eigenvalue weighted by Crippen LogP contribution is -2.29. The highest BCUT2D eigenvalue weighted by Crippen LogP contribution is 2.23. The van der Waals surface area contributed by atoms with Crippen molar-refractivity contribution in [2.45, 2.75) is 11.3 Å². The van der Waals surface area contributed by atoms with Crippen LogP contribution in [0, 0.1) is 0 Å². The molecule has 0 aromatic heterocycles. The fraction of sp³-hybridized carbons (Fsp3) is 0.400. The van der Waals surface area contributed by atoms with Crippen LogP contribution >= 0.6 is 15.9 Å². The average molecular weight is 386 g/mol. The van der Waals surface area contributed by atoms with E-state index in [2.05, 4.69) is 25.4 Å². The predicted molar refractivity (Wildman–Crippen MR) is 81.2 cm³/mol. The van der Waals surface area contributed by atoms with E-state index in [1.165, 1.54) is 18.2 Å². The minimum absolute atomic E-state index is 0.0859. The van der Waals surface area contributed by atoms with E-state index in [1.54, 1.807) is 0 Å². The summed E-state index contributed by atoms with van der Waals surface area (Å²) >= 11 is 3.14. The van der Waals surface area contributed by atoms with Crippen molar-refractivity contribution in [3.8, 4) is 0 Å². The first-order valence-corrected chi connectivity index (χ1v) is 9.78. The number of hydrogen-bond acceptors (Lipinski definition) is 5. The normalized spacial score (nSPS) is 12.5. The Balaban J connectivity index is 2.58. The molecule has 7 nitrogen and oxygen atoms in total. The monoisotopic (exact) mass is 385 g/mol. The standard InChI is InChI=1S/C10H16BrN3O4S2/c1-19(15,16)13-5-2-6-14-20(17,18)10-4-3-8(12)7-9(10)11/h3-4,7,13-14H,2,5-6,12H2,1H3. The highest BCUT2D eigenvalue weighted by Gasteiger charge is 2.16. The number of nitrogen functional groups attached to an aromatic ring is 1. The number of sulfonamides is 2. The van der Waals surface area contributed by atoms with Gasteiger partial charge in [-0.2, -0.15) is 0 Å². The molecule has 0 bridgehead atoms. The molecule has 0 amide bonds. The van der Waals surface area contributed by atoms with Gasteiger partial charge in [0.1, 0.15) is 0 Å². The summed E-state index contributed by atoms with van der Waals surface area (Å²) in [5.41, 5.74) is 5.99. The van der Waals surface area contributed by atoms with Gasteiger partial charge in [0.15, 0.2) is 0 Å². The maximum absolute atomic E-state index is 12.0. The van der Waals surface area contributed by atoms with Crippen molar-refractivity contribution in [1.29, 1.82) is 0 Å². The molecule has 0 unspecified atom stereocenters. The molecule has 20 heavy (non-hydrogen) atoms. The molecule has 1 aromatic rings. The van der Waals surface area contributed by atoms with Gasteiger partial charge in [-0.25, -0.2) is 26.3 Å². The van der Waals surface area contributed by atoms with Crippen LogP contribution < -0.4 is 15.2 Å². The van der Waals surface area contributed by atoms with Crippen LogP contribution in [0.4, 0.5) is 5.69 Å². The first kappa shape index (κ1) is 17.4. The van der Waals surface area contributed by atoms with E-state index in [0.29, 0.717) is 16.6 Å². The Morgan fingerprint density at radius 2 is 1.75 bits per heavy atom. The molecule has 0 heterocycles. The molecule has 0 aliphatic carbocycles. The fourth-order valence-electron chi connectivity index (χ4n) is 1.37. The molecule has 4 N–H and O–H groups in total. The van der Waals surface area contributed by atoms with Crippen LogP contribution in [0.25, 0.3) is 0 Å². The third kappa shape index (κ3) is 5.75. The zero-order valence-electron chi connectivity index (χ0n) is 10.8. The number of anilines is 1. The van der Waals surface area contributed by atoms with Gasteiger partial charge in [0, 0.05) is 23.2 Å². The van der Waals surface area contributed by atoms with Crippen molar-refractivity contribution in [2.24, 2.45) is 0 Å². The first-order valence-electron chi connectivity index (χ1n) is 5.61. The van der Waals surface area contributed by atoms with Gasteiger partial charge in [-0.15, -0.1) is 0 Å². The lowest BCUT2D eigenvalue weighted by Gasteiger charge is -2.09. The maximum atomic E-state index is 12.0. The summed E-state index contributed by atoms with van der Waals surface area (Å²) in [6.45, 7) is 0.298. The van der Waals surface area contributed by atoms with E-state index in [1.807, 2.05) is 0 Å². The highest BCUT2D eigenvalue weighted by atomic mass is 79.9. The minimum atomic E-state index is -3.65. The molecule has 0 radical (unpaired) electrons. The summed E-state index contributed by atoms with van der Waals surface area (Å²) in [5, 5.41) is 0. The first-order chi connectivity index (χ1) is 9.12. The second-order valence-corrected chi connectivity index (χ2v) is 8.53. The fourth-order valence-corrected chi connectivity index (χ4v) is 4.05. The van der Waals surface area contributed by atoms with Crippen molar-refractivity contribution >= 4 is 41.7 Å². The number of benzene rings is 1. The Morgan fingerprint density at radius 3 is 2.30 bits per heavy atom. The van der Waals surface area contributed by atoms with Gasteiger partial charge < -0.3 is 5.73 Å². The summed E-state index contributed by atoms with van der Waals surface area (Å²) in [6.07, 6.45) is 1.39. The number of halogens is 1. The summed E-state index contributed by atoms with van der Waals surface area (Å²) in [4.78, 5) is 0.0859. The summed E-state index contributed by atoms with van der Waals surface area (Å²) in [6, 6.07) is 4.39. The van der Waals surface area contributed by atoms with Gasteiger partial charge in [0.25, 0.3) is 0 Å². The second kappa shape index (κ2) is 6.85. The van der Waals surface area contributed by atoms with Crippen molar-refractivity contribution < 1.29 is 16.8 Å². The van der Waals surface area contributed by atoms with E-state index in [-0.39, 0.29) is 18.0 Å². The molecule has 114 valence electrons. The topological polar surface area (TPSA) is 118 Å². The van der Waals surface area contributed by atoms with E-state index >= 15 is 0 Å². The van der Waals surface area contributed by atoms with Gasteiger partial charge in [-0.3, -0.25) is 0 Å². The second-order valence-electron chi connectivity index (χ2n) is 4.11. The van der Waals surface area contributed by atoms with Gasteiger partial charge in [-0.05, 0) is 40.5 Å². The Bertz CT molecular complexity index is 674. The molecule has 1 rings (SSSR count). The van der Waals surface area contributed by atoms with Gasteiger partial charge in [-0.1, -0.05) is 0 Å². The Labute approximate surface area is 127 Å². The molecule has 0 atom stereocenters. The lowest BCUT2D eigenvalue weighted by molar-refractivity contribution is 0.574. The van der Waals surface area contributed by atoms with Crippen molar-refractivity contribution in [2.75, 3.05) is 25.1 Å². The number of hydrogen-bond donors (Lipinski definition) is 3. The Hall–Kier alpha value is -0.680. The van der Waals surface area contributed by atoms with E-state index in [0.717, 1.165) is 6.26 Å². The van der Waals surface area contributed by atoms with Crippen molar-refractivity contribution in [3.63, 3.8) is 0 Å². The minimum Gasteiger partial charge on any atom is -0.399 e. The SMILES string of the molecule is CS(=O)(=O)NCCCNS(=O)(=O)c1ccc(N)cc1Br. The third-order valence-corrected chi connectivity index (χ3v) is 5.42. The molecule has 0 fully saturated rings. The molecule has 0 aliphatic rings. The number of nitrogens with two attached hydrogens (primary N) is 1. The Morgan fingerprint density at radius 1 is 1.15 bits per heavy atom. The Kier molecular flexibility index (Phi) is 5.95. The van der Waals surface area contributed by atoms with Crippen LogP contribution in [0.2, 0.25) is 0 Å². The molecule has 0 saturated heterocycles. The molecule has 0 aliphatic heterocycles. The number of rotatable bonds is 7. The van der Waals surface area contributed by atoms with Gasteiger partial charge in [0.2, 0.25) is 20.0 Å². The maximum Gasteiger partial charge on any atom is 0.241 e. The predicted octanol–water partition coefficient (Wildman–Crippen LogP) is 0.249. The molecular formula is C10H16BrN3O4S2. The van der Waals surface area contributed by atoms with Crippen LogP contribution in [-0.2, 0) is 20.0 Å². The van der Waals surface area contributed by atoms with Crippen molar-refractivity contribution in [1.82, 2.24) is 9.44 Å². The smallest absolute Gasteiger partial charge is 0.241 e. The summed E-state index contributed by atoms with van der Waals surface area (Å²) in [5.74, 6) is 0. The van der Waals surface area contributed by atoms with E-state index < -0.39 is 20.0 Å². The average Bonchev–Trinajstić information content (AvgIpc) is 2.26. The summed E-state index contributed by atoms with van der Waals surface area (Å²) in [7, 11) is -6.91. The molecular weight excluding hydrogens is 370 g/mol.